The summed E-state index contributed by atoms with van der Waals surface area (Å²) in [6.45, 7) is 6.85. The van der Waals surface area contributed by atoms with Gasteiger partial charge in [-0.15, -0.1) is 24.0 Å². The molecule has 3 rings (SSSR count). The molecule has 2 fully saturated rings. The lowest BCUT2D eigenvalue weighted by Crippen LogP contribution is -2.47. The van der Waals surface area contributed by atoms with Crippen LogP contribution in [0, 0.1) is 5.92 Å². The van der Waals surface area contributed by atoms with Gasteiger partial charge in [0, 0.05) is 65.4 Å². The molecular formula is C21H36IN3O4. The van der Waals surface area contributed by atoms with Crippen LogP contribution in [0.15, 0.2) is 27.8 Å². The van der Waals surface area contributed by atoms with Crippen LogP contribution in [0.25, 0.3) is 0 Å². The van der Waals surface area contributed by atoms with Crippen LogP contribution in [0.1, 0.15) is 31.4 Å². The molecule has 1 aromatic rings. The highest BCUT2D eigenvalue weighted by Crippen LogP contribution is 2.16. The number of rotatable bonds is 10. The van der Waals surface area contributed by atoms with Crippen molar-refractivity contribution < 1.29 is 18.6 Å². The van der Waals surface area contributed by atoms with E-state index in [0.717, 1.165) is 96.4 Å². The van der Waals surface area contributed by atoms with E-state index in [2.05, 4.69) is 10.2 Å². The van der Waals surface area contributed by atoms with E-state index in [4.69, 9.17) is 23.6 Å². The van der Waals surface area contributed by atoms with Gasteiger partial charge in [-0.05, 0) is 37.8 Å². The molecule has 166 valence electrons. The molecule has 0 amide bonds. The van der Waals surface area contributed by atoms with Crippen molar-refractivity contribution in [2.75, 3.05) is 59.7 Å². The Hall–Kier alpha value is -0.840. The lowest BCUT2D eigenvalue weighted by molar-refractivity contribution is 0.00988. The van der Waals surface area contributed by atoms with Gasteiger partial charge in [0.2, 0.25) is 0 Å². The van der Waals surface area contributed by atoms with Gasteiger partial charge >= 0.3 is 0 Å². The van der Waals surface area contributed by atoms with E-state index < -0.39 is 0 Å². The zero-order chi connectivity index (χ0) is 19.4. The summed E-state index contributed by atoms with van der Waals surface area (Å²) in [7, 11) is 1.73. The van der Waals surface area contributed by atoms with Gasteiger partial charge in [-0.3, -0.25) is 4.99 Å². The second kappa shape index (κ2) is 14.2. The second-order valence-corrected chi connectivity index (χ2v) is 7.55. The quantitative estimate of drug-likeness (QED) is 0.221. The van der Waals surface area contributed by atoms with Crippen LogP contribution >= 0.6 is 24.0 Å². The molecule has 1 N–H and O–H groups in total. The molecule has 7 nitrogen and oxygen atoms in total. The Morgan fingerprint density at radius 3 is 2.83 bits per heavy atom. The van der Waals surface area contributed by atoms with E-state index in [1.807, 2.05) is 12.1 Å². The summed E-state index contributed by atoms with van der Waals surface area (Å²) in [5.74, 6) is 2.55. The molecule has 2 aliphatic heterocycles. The van der Waals surface area contributed by atoms with Crippen LogP contribution in [0.5, 0.6) is 0 Å². The minimum Gasteiger partial charge on any atom is -0.469 e. The fourth-order valence-electron chi connectivity index (χ4n) is 3.65. The number of nitrogens with one attached hydrogen (secondary N) is 1. The highest BCUT2D eigenvalue weighted by molar-refractivity contribution is 14.0. The predicted molar refractivity (Wildman–Crippen MR) is 124 cm³/mol. The summed E-state index contributed by atoms with van der Waals surface area (Å²) in [6.07, 6.45) is 7.08. The third-order valence-corrected chi connectivity index (χ3v) is 5.35. The molecular weight excluding hydrogens is 485 g/mol. The molecule has 1 atom stereocenters. The van der Waals surface area contributed by atoms with Crippen molar-refractivity contribution in [1.82, 2.24) is 10.2 Å². The number of ether oxygens (including phenoxy) is 3. The Labute approximate surface area is 191 Å². The van der Waals surface area contributed by atoms with Crippen molar-refractivity contribution >= 4 is 29.9 Å². The average Bonchev–Trinajstić information content (AvgIpc) is 3.43. The van der Waals surface area contributed by atoms with E-state index in [-0.39, 0.29) is 24.0 Å². The fourth-order valence-corrected chi connectivity index (χ4v) is 3.65. The number of guanidine groups is 1. The summed E-state index contributed by atoms with van der Waals surface area (Å²) in [6, 6.07) is 3.95. The molecule has 0 radical (unpaired) electrons. The number of methoxy groups -OCH3 is 1. The molecule has 0 aromatic carbocycles. The van der Waals surface area contributed by atoms with E-state index in [1.54, 1.807) is 13.4 Å². The van der Waals surface area contributed by atoms with Gasteiger partial charge in [0.15, 0.2) is 5.96 Å². The maximum atomic E-state index is 5.99. The summed E-state index contributed by atoms with van der Waals surface area (Å²) in [4.78, 5) is 7.29. The van der Waals surface area contributed by atoms with Crippen molar-refractivity contribution in [3.63, 3.8) is 0 Å². The molecule has 3 heterocycles. The molecule has 29 heavy (non-hydrogen) atoms. The first kappa shape index (κ1) is 24.4. The van der Waals surface area contributed by atoms with Crippen molar-refractivity contribution in [3.05, 3.63) is 24.2 Å². The van der Waals surface area contributed by atoms with Gasteiger partial charge in [0.05, 0.1) is 19.0 Å². The number of hydrogen-bond acceptors (Lipinski definition) is 5. The smallest absolute Gasteiger partial charge is 0.193 e. The van der Waals surface area contributed by atoms with Gasteiger partial charge in [-0.2, -0.15) is 0 Å². The molecule has 0 spiro atoms. The molecule has 1 aromatic heterocycles. The number of halogens is 1. The number of likely N-dealkylation sites (tertiary alicyclic amines) is 1. The minimum absolute atomic E-state index is 0. The standard InChI is InChI=1S/C21H35N3O4.HI/c1-25-12-3-14-28-20-6-10-24(11-7-20)21(23-16-18-8-15-26-17-18)22-9-5-19-4-2-13-27-19;/h2,4,13,18,20H,3,5-12,14-17H2,1H3,(H,22,23);1H. The minimum atomic E-state index is 0. The van der Waals surface area contributed by atoms with Crippen molar-refractivity contribution in [2.24, 2.45) is 10.9 Å². The lowest BCUT2D eigenvalue weighted by atomic mass is 10.1. The van der Waals surface area contributed by atoms with Crippen molar-refractivity contribution in [3.8, 4) is 0 Å². The van der Waals surface area contributed by atoms with E-state index in [1.165, 1.54) is 0 Å². The van der Waals surface area contributed by atoms with Gasteiger partial charge in [-0.1, -0.05) is 0 Å². The monoisotopic (exact) mass is 521 g/mol. The first-order chi connectivity index (χ1) is 13.8. The van der Waals surface area contributed by atoms with Crippen LogP contribution < -0.4 is 5.32 Å². The molecule has 1 unspecified atom stereocenters. The Morgan fingerprint density at radius 1 is 1.28 bits per heavy atom. The van der Waals surface area contributed by atoms with Crippen LogP contribution in [0.2, 0.25) is 0 Å². The second-order valence-electron chi connectivity index (χ2n) is 7.55. The molecule has 2 saturated heterocycles. The summed E-state index contributed by atoms with van der Waals surface area (Å²) in [5.41, 5.74) is 0. The summed E-state index contributed by atoms with van der Waals surface area (Å²) < 4.78 is 22.0. The Balaban J connectivity index is 0.00000300. The topological polar surface area (TPSA) is 68.5 Å². The summed E-state index contributed by atoms with van der Waals surface area (Å²) >= 11 is 0. The maximum absolute atomic E-state index is 5.99. The number of nitrogens with zero attached hydrogens (tertiary/aromatic N) is 2. The Bertz CT molecular complexity index is 556. The van der Waals surface area contributed by atoms with Crippen LogP contribution in [-0.2, 0) is 20.6 Å². The van der Waals surface area contributed by atoms with Crippen molar-refractivity contribution in [1.29, 1.82) is 0 Å². The predicted octanol–water partition coefficient (Wildman–Crippen LogP) is 2.94. The van der Waals surface area contributed by atoms with Gasteiger partial charge in [0.1, 0.15) is 5.76 Å². The van der Waals surface area contributed by atoms with Crippen LogP contribution in [0.3, 0.4) is 0 Å². The van der Waals surface area contributed by atoms with Crippen LogP contribution in [-0.4, -0.2) is 76.7 Å². The van der Waals surface area contributed by atoms with Crippen molar-refractivity contribution in [2.45, 2.75) is 38.2 Å². The Morgan fingerprint density at radius 2 is 2.14 bits per heavy atom. The third-order valence-electron chi connectivity index (χ3n) is 5.35. The zero-order valence-electron chi connectivity index (χ0n) is 17.5. The first-order valence-electron chi connectivity index (χ1n) is 10.6. The summed E-state index contributed by atoms with van der Waals surface area (Å²) in [5, 5.41) is 3.54. The van der Waals surface area contributed by atoms with E-state index >= 15 is 0 Å². The van der Waals surface area contributed by atoms with Crippen LogP contribution in [0.4, 0.5) is 0 Å². The maximum Gasteiger partial charge on any atom is 0.193 e. The van der Waals surface area contributed by atoms with E-state index in [9.17, 15) is 0 Å². The molecule has 8 heteroatoms. The van der Waals surface area contributed by atoms with Gasteiger partial charge < -0.3 is 28.8 Å². The van der Waals surface area contributed by atoms with Gasteiger partial charge in [-0.25, -0.2) is 0 Å². The van der Waals surface area contributed by atoms with Gasteiger partial charge in [0.25, 0.3) is 0 Å². The third kappa shape index (κ3) is 8.82. The number of hydrogen-bond donors (Lipinski definition) is 1. The van der Waals surface area contributed by atoms with E-state index in [0.29, 0.717) is 12.0 Å². The lowest BCUT2D eigenvalue weighted by Gasteiger charge is -2.34. The molecule has 2 aliphatic rings. The molecule has 0 saturated carbocycles. The fraction of sp³-hybridized carbons (Fsp3) is 0.762. The normalized spacial score (nSPS) is 20.7. The molecule has 0 bridgehead atoms. The highest BCUT2D eigenvalue weighted by atomic mass is 127. The number of piperidine rings is 1. The number of aliphatic imine (C=N–C) groups is 1. The largest absolute Gasteiger partial charge is 0.469 e. The SMILES string of the molecule is COCCCOC1CCN(C(=NCC2CCOC2)NCCc2ccco2)CC1.I. The first-order valence-corrected chi connectivity index (χ1v) is 10.6. The molecule has 0 aliphatic carbocycles. The Kier molecular flexibility index (Phi) is 12.0. The number of furan rings is 1. The average molecular weight is 521 g/mol. The zero-order valence-corrected chi connectivity index (χ0v) is 19.8. The highest BCUT2D eigenvalue weighted by Gasteiger charge is 2.23.